The summed E-state index contributed by atoms with van der Waals surface area (Å²) in [7, 11) is 0. The number of aliphatic hydroxyl groups excluding tert-OH is 2. The molecule has 0 aliphatic rings. The molecule has 2 aromatic heterocycles. The molecule has 144 valence electrons. The van der Waals surface area contributed by atoms with Crippen LogP contribution in [0.5, 0.6) is 0 Å². The Balaban J connectivity index is 1.91. The van der Waals surface area contributed by atoms with Crippen molar-refractivity contribution in [3.63, 3.8) is 0 Å². The van der Waals surface area contributed by atoms with E-state index >= 15 is 0 Å². The molecule has 0 fully saturated rings. The van der Waals surface area contributed by atoms with E-state index in [0.29, 0.717) is 28.3 Å². The summed E-state index contributed by atoms with van der Waals surface area (Å²) >= 11 is 2.97. The largest absolute Gasteiger partial charge is 0.395 e. The van der Waals surface area contributed by atoms with Crippen molar-refractivity contribution in [1.82, 2.24) is 15.0 Å². The van der Waals surface area contributed by atoms with Gasteiger partial charge in [-0.2, -0.15) is 4.98 Å². The number of hydrogen-bond acceptors (Lipinski definition) is 9. The third-order valence-corrected chi connectivity index (χ3v) is 5.61. The molecule has 0 aliphatic heterocycles. The fourth-order valence-electron chi connectivity index (χ4n) is 2.27. The Labute approximate surface area is 166 Å². The number of hydrogen-bond donors (Lipinski definition) is 4. The fourth-order valence-corrected chi connectivity index (χ4v) is 3.94. The summed E-state index contributed by atoms with van der Waals surface area (Å²) < 4.78 is 0.820. The quantitative estimate of drug-likeness (QED) is 0.318. The van der Waals surface area contributed by atoms with Crippen molar-refractivity contribution < 1.29 is 10.2 Å². The maximum Gasteiger partial charge on any atom is 0.191 e. The molecular weight excluding hydrogens is 382 g/mol. The normalized spacial score (nSPS) is 11.7. The highest BCUT2D eigenvalue weighted by atomic mass is 32.2. The average Bonchev–Trinajstić information content (AvgIpc) is 3.08. The molecule has 0 atom stereocenters. The van der Waals surface area contributed by atoms with Crippen molar-refractivity contribution in [2.75, 3.05) is 30.4 Å². The van der Waals surface area contributed by atoms with E-state index in [1.54, 1.807) is 11.8 Å². The summed E-state index contributed by atoms with van der Waals surface area (Å²) in [5.74, 6) is 1.42. The predicted molar refractivity (Wildman–Crippen MR) is 112 cm³/mol. The van der Waals surface area contributed by atoms with Crippen molar-refractivity contribution in [3.8, 4) is 0 Å². The molecule has 9 heteroatoms. The number of aliphatic hydroxyl groups is 2. The van der Waals surface area contributed by atoms with E-state index in [4.69, 9.17) is 5.11 Å². The smallest absolute Gasteiger partial charge is 0.191 e. The van der Waals surface area contributed by atoms with Crippen LogP contribution in [-0.4, -0.2) is 50.5 Å². The number of anilines is 2. The molecule has 27 heavy (non-hydrogen) atoms. The second-order valence-corrected chi connectivity index (χ2v) is 8.56. The molecule has 0 amide bonds. The van der Waals surface area contributed by atoms with Gasteiger partial charge in [-0.15, -0.1) is 0 Å². The molecule has 0 aliphatic carbocycles. The third kappa shape index (κ3) is 5.29. The van der Waals surface area contributed by atoms with Gasteiger partial charge in [0.25, 0.3) is 0 Å². The maximum absolute atomic E-state index is 9.61. The standard InChI is InChI=1S/C18H23N5O2S2/c1-18(2,11-25)23-15-13-14(20-16(27-13)19-8-9-24)21-17(22-15)26-10-12-6-4-3-5-7-12/h3-7,24-25H,8-11H2,1-2H3,(H2,19,20,21,22,23). The molecular formula is C18H23N5O2S2. The summed E-state index contributed by atoms with van der Waals surface area (Å²) in [5.41, 5.74) is 1.27. The van der Waals surface area contributed by atoms with Gasteiger partial charge in [0.15, 0.2) is 21.8 Å². The van der Waals surface area contributed by atoms with E-state index in [0.717, 1.165) is 10.5 Å². The van der Waals surface area contributed by atoms with Crippen LogP contribution in [0.25, 0.3) is 10.3 Å². The van der Waals surface area contributed by atoms with Gasteiger partial charge in [-0.3, -0.25) is 0 Å². The molecule has 0 radical (unpaired) electrons. The van der Waals surface area contributed by atoms with Crippen LogP contribution in [0.2, 0.25) is 0 Å². The van der Waals surface area contributed by atoms with Gasteiger partial charge in [-0.25, -0.2) is 9.97 Å². The zero-order valence-electron chi connectivity index (χ0n) is 15.3. The summed E-state index contributed by atoms with van der Waals surface area (Å²) in [6, 6.07) is 10.1. The van der Waals surface area contributed by atoms with E-state index in [9.17, 15) is 5.11 Å². The summed E-state index contributed by atoms with van der Waals surface area (Å²) in [4.78, 5) is 13.8. The third-order valence-electron chi connectivity index (χ3n) is 3.68. The van der Waals surface area contributed by atoms with Gasteiger partial charge in [0.1, 0.15) is 4.70 Å². The van der Waals surface area contributed by atoms with Crippen LogP contribution in [0, 0.1) is 0 Å². The zero-order chi connectivity index (χ0) is 19.3. The van der Waals surface area contributed by atoms with E-state index in [1.807, 2.05) is 32.0 Å². The SMILES string of the molecule is CC(C)(CO)Nc1nc(SCc2ccccc2)nc2nc(NCCO)sc12. The van der Waals surface area contributed by atoms with Crippen LogP contribution >= 0.6 is 23.1 Å². The Morgan fingerprint density at radius 1 is 1.11 bits per heavy atom. The Kier molecular flexibility index (Phi) is 6.48. The molecule has 0 unspecified atom stereocenters. The average molecular weight is 406 g/mol. The first-order valence-corrected chi connectivity index (χ1v) is 10.4. The predicted octanol–water partition coefficient (Wildman–Crippen LogP) is 2.97. The molecule has 0 bridgehead atoms. The lowest BCUT2D eigenvalue weighted by Crippen LogP contribution is -2.35. The van der Waals surface area contributed by atoms with Crippen LogP contribution in [0.3, 0.4) is 0 Å². The molecule has 4 N–H and O–H groups in total. The van der Waals surface area contributed by atoms with Crippen LogP contribution < -0.4 is 10.6 Å². The first-order chi connectivity index (χ1) is 13.0. The number of aromatic nitrogens is 3. The van der Waals surface area contributed by atoms with E-state index in [2.05, 4.69) is 37.7 Å². The number of thiazole rings is 1. The summed E-state index contributed by atoms with van der Waals surface area (Å²) in [6.45, 7) is 4.24. The number of thioether (sulfide) groups is 1. The van der Waals surface area contributed by atoms with Crippen LogP contribution in [-0.2, 0) is 5.75 Å². The van der Waals surface area contributed by atoms with Crippen molar-refractivity contribution >= 4 is 44.4 Å². The molecule has 3 rings (SSSR count). The Hall–Kier alpha value is -1.94. The second-order valence-electron chi connectivity index (χ2n) is 6.62. The molecule has 7 nitrogen and oxygen atoms in total. The Morgan fingerprint density at radius 2 is 1.89 bits per heavy atom. The van der Waals surface area contributed by atoms with Gasteiger partial charge in [-0.05, 0) is 19.4 Å². The minimum absolute atomic E-state index is 0.0284. The van der Waals surface area contributed by atoms with E-state index in [-0.39, 0.29) is 13.2 Å². The lowest BCUT2D eigenvalue weighted by molar-refractivity contribution is 0.234. The van der Waals surface area contributed by atoms with Gasteiger partial charge in [-0.1, -0.05) is 53.4 Å². The van der Waals surface area contributed by atoms with Gasteiger partial charge >= 0.3 is 0 Å². The number of fused-ring (bicyclic) bond motifs is 1. The topological polar surface area (TPSA) is 103 Å². The zero-order valence-corrected chi connectivity index (χ0v) is 16.9. The first kappa shape index (κ1) is 19.8. The highest BCUT2D eigenvalue weighted by Gasteiger charge is 2.21. The molecule has 0 spiro atoms. The van der Waals surface area contributed by atoms with Crippen LogP contribution in [0.4, 0.5) is 10.9 Å². The van der Waals surface area contributed by atoms with Crippen LogP contribution in [0.1, 0.15) is 19.4 Å². The molecule has 0 saturated carbocycles. The van der Waals surface area contributed by atoms with Gasteiger partial charge < -0.3 is 20.8 Å². The molecule has 2 heterocycles. The summed E-state index contributed by atoms with van der Waals surface area (Å²) in [6.07, 6.45) is 0. The second kappa shape index (κ2) is 8.83. The van der Waals surface area contributed by atoms with Crippen molar-refractivity contribution in [3.05, 3.63) is 35.9 Å². The summed E-state index contributed by atoms with van der Waals surface area (Å²) in [5, 5.41) is 26.3. The van der Waals surface area contributed by atoms with Crippen molar-refractivity contribution in [2.45, 2.75) is 30.3 Å². The maximum atomic E-state index is 9.61. The lowest BCUT2D eigenvalue weighted by Gasteiger charge is -2.24. The van der Waals surface area contributed by atoms with Crippen molar-refractivity contribution in [2.24, 2.45) is 0 Å². The number of benzene rings is 1. The minimum atomic E-state index is -0.522. The number of nitrogens with one attached hydrogen (secondary N) is 2. The van der Waals surface area contributed by atoms with Gasteiger partial charge in [0.2, 0.25) is 0 Å². The van der Waals surface area contributed by atoms with E-state index < -0.39 is 5.54 Å². The highest BCUT2D eigenvalue weighted by Crippen LogP contribution is 2.33. The van der Waals surface area contributed by atoms with E-state index in [1.165, 1.54) is 16.9 Å². The van der Waals surface area contributed by atoms with Crippen molar-refractivity contribution in [1.29, 1.82) is 0 Å². The lowest BCUT2D eigenvalue weighted by atomic mass is 10.1. The highest BCUT2D eigenvalue weighted by molar-refractivity contribution is 7.98. The molecule has 0 saturated heterocycles. The number of rotatable bonds is 9. The minimum Gasteiger partial charge on any atom is -0.395 e. The fraction of sp³-hybridized carbons (Fsp3) is 0.389. The number of nitrogens with zero attached hydrogens (tertiary/aromatic N) is 3. The Bertz CT molecular complexity index is 886. The van der Waals surface area contributed by atoms with Gasteiger partial charge in [0.05, 0.1) is 18.8 Å². The monoisotopic (exact) mass is 405 g/mol. The first-order valence-electron chi connectivity index (χ1n) is 8.60. The molecule has 1 aromatic carbocycles. The Morgan fingerprint density at radius 3 is 2.59 bits per heavy atom. The van der Waals surface area contributed by atoms with Crippen LogP contribution in [0.15, 0.2) is 35.5 Å². The van der Waals surface area contributed by atoms with Gasteiger partial charge in [0, 0.05) is 12.3 Å². The molecule has 3 aromatic rings.